The van der Waals surface area contributed by atoms with Crippen LogP contribution in [-0.4, -0.2) is 6.61 Å². The van der Waals surface area contributed by atoms with E-state index in [9.17, 15) is 0 Å². The van der Waals surface area contributed by atoms with Gasteiger partial charge in [0.1, 0.15) is 12.4 Å². The zero-order chi connectivity index (χ0) is 10.4. The Bertz CT molecular complexity index is 330. The van der Waals surface area contributed by atoms with Gasteiger partial charge in [-0.15, -0.1) is 0 Å². The van der Waals surface area contributed by atoms with E-state index < -0.39 is 0 Å². The lowest BCUT2D eigenvalue weighted by atomic mass is 10.2. The van der Waals surface area contributed by atoms with Crippen molar-refractivity contribution < 1.29 is 4.74 Å². The first kappa shape index (κ1) is 10.6. The average molecular weight is 190 g/mol. The van der Waals surface area contributed by atoms with Crippen molar-refractivity contribution in [2.45, 2.75) is 13.5 Å². The predicted octanol–water partition coefficient (Wildman–Crippen LogP) is 1.68. The SMILES string of the molecule is CC(C#N)COc1cccc(CN)c1. The molecule has 1 aromatic rings. The molecule has 3 nitrogen and oxygen atoms in total. The van der Waals surface area contributed by atoms with Gasteiger partial charge in [-0.2, -0.15) is 5.26 Å². The van der Waals surface area contributed by atoms with Crippen LogP contribution in [0.3, 0.4) is 0 Å². The molecule has 74 valence electrons. The summed E-state index contributed by atoms with van der Waals surface area (Å²) < 4.78 is 5.42. The Labute approximate surface area is 84.1 Å². The van der Waals surface area contributed by atoms with Crippen LogP contribution in [-0.2, 0) is 6.54 Å². The molecule has 1 atom stereocenters. The molecule has 0 saturated heterocycles. The number of hydrogen-bond donors (Lipinski definition) is 1. The third-order valence-electron chi connectivity index (χ3n) is 1.85. The maximum absolute atomic E-state index is 8.56. The van der Waals surface area contributed by atoms with Crippen LogP contribution < -0.4 is 10.5 Å². The monoisotopic (exact) mass is 190 g/mol. The summed E-state index contributed by atoms with van der Waals surface area (Å²) in [5, 5.41) is 8.56. The van der Waals surface area contributed by atoms with Gasteiger partial charge in [0, 0.05) is 6.54 Å². The number of nitriles is 1. The van der Waals surface area contributed by atoms with E-state index in [1.165, 1.54) is 0 Å². The van der Waals surface area contributed by atoms with Crippen molar-refractivity contribution in [1.82, 2.24) is 0 Å². The summed E-state index contributed by atoms with van der Waals surface area (Å²) in [5.41, 5.74) is 6.53. The number of hydrogen-bond acceptors (Lipinski definition) is 3. The van der Waals surface area contributed by atoms with E-state index >= 15 is 0 Å². The first-order chi connectivity index (χ1) is 6.76. The second-order valence-electron chi connectivity index (χ2n) is 3.19. The molecule has 2 N–H and O–H groups in total. The second kappa shape index (κ2) is 5.25. The smallest absolute Gasteiger partial charge is 0.119 e. The van der Waals surface area contributed by atoms with Crippen LogP contribution in [0.25, 0.3) is 0 Å². The van der Waals surface area contributed by atoms with Crippen molar-refractivity contribution in [3.8, 4) is 11.8 Å². The maximum atomic E-state index is 8.56. The maximum Gasteiger partial charge on any atom is 0.119 e. The molecule has 14 heavy (non-hydrogen) atoms. The number of nitrogens with zero attached hydrogens (tertiary/aromatic N) is 1. The quantitative estimate of drug-likeness (QED) is 0.785. The highest BCUT2D eigenvalue weighted by molar-refractivity contribution is 5.28. The molecule has 0 radical (unpaired) electrons. The van der Waals surface area contributed by atoms with Gasteiger partial charge in [-0.05, 0) is 24.6 Å². The summed E-state index contributed by atoms with van der Waals surface area (Å²) in [4.78, 5) is 0. The van der Waals surface area contributed by atoms with E-state index in [1.807, 2.05) is 31.2 Å². The molecule has 1 unspecified atom stereocenters. The minimum absolute atomic E-state index is 0.0865. The highest BCUT2D eigenvalue weighted by atomic mass is 16.5. The highest BCUT2D eigenvalue weighted by Gasteiger charge is 2.00. The molecule has 1 aromatic carbocycles. The lowest BCUT2D eigenvalue weighted by molar-refractivity contribution is 0.288. The molecule has 0 amide bonds. The lowest BCUT2D eigenvalue weighted by Crippen LogP contribution is -2.06. The minimum atomic E-state index is -0.0865. The Balaban J connectivity index is 2.55. The van der Waals surface area contributed by atoms with Gasteiger partial charge in [0.25, 0.3) is 0 Å². The zero-order valence-electron chi connectivity index (χ0n) is 8.23. The Kier molecular flexibility index (Phi) is 3.96. The van der Waals surface area contributed by atoms with Gasteiger partial charge < -0.3 is 10.5 Å². The van der Waals surface area contributed by atoms with Crippen molar-refractivity contribution in [3.63, 3.8) is 0 Å². The first-order valence-corrected chi connectivity index (χ1v) is 4.57. The first-order valence-electron chi connectivity index (χ1n) is 4.57. The third-order valence-corrected chi connectivity index (χ3v) is 1.85. The Morgan fingerprint density at radius 2 is 2.36 bits per heavy atom. The van der Waals surface area contributed by atoms with Crippen LogP contribution in [0.4, 0.5) is 0 Å². The molecule has 0 spiro atoms. The minimum Gasteiger partial charge on any atom is -0.492 e. The van der Waals surface area contributed by atoms with Gasteiger partial charge in [0.05, 0.1) is 12.0 Å². The normalized spacial score (nSPS) is 11.8. The fourth-order valence-electron chi connectivity index (χ4n) is 1.02. The summed E-state index contributed by atoms with van der Waals surface area (Å²) >= 11 is 0. The fraction of sp³-hybridized carbons (Fsp3) is 0.364. The molecule has 0 bridgehead atoms. The molecule has 0 aliphatic rings. The van der Waals surface area contributed by atoms with Crippen LogP contribution in [0.15, 0.2) is 24.3 Å². The molecular formula is C11H14N2O. The van der Waals surface area contributed by atoms with Crippen LogP contribution >= 0.6 is 0 Å². The molecular weight excluding hydrogens is 176 g/mol. The topological polar surface area (TPSA) is 59.0 Å². The molecule has 0 aliphatic carbocycles. The second-order valence-corrected chi connectivity index (χ2v) is 3.19. The van der Waals surface area contributed by atoms with Gasteiger partial charge in [0.2, 0.25) is 0 Å². The average Bonchev–Trinajstić information content (AvgIpc) is 2.26. The molecule has 0 fully saturated rings. The van der Waals surface area contributed by atoms with Crippen molar-refractivity contribution in [1.29, 1.82) is 5.26 Å². The largest absolute Gasteiger partial charge is 0.492 e. The number of ether oxygens (including phenoxy) is 1. The van der Waals surface area contributed by atoms with E-state index in [1.54, 1.807) is 0 Å². The standard InChI is InChI=1S/C11H14N2O/c1-9(6-12)8-14-11-4-2-3-10(5-11)7-13/h2-5,9H,7-8,13H2,1H3. The summed E-state index contributed by atoms with van der Waals surface area (Å²) in [7, 11) is 0. The van der Waals surface area contributed by atoms with Crippen molar-refractivity contribution in [2.75, 3.05) is 6.61 Å². The van der Waals surface area contributed by atoms with Gasteiger partial charge in [-0.3, -0.25) is 0 Å². The van der Waals surface area contributed by atoms with Gasteiger partial charge in [-0.1, -0.05) is 12.1 Å². The van der Waals surface area contributed by atoms with E-state index in [0.29, 0.717) is 13.2 Å². The summed E-state index contributed by atoms with van der Waals surface area (Å²) in [6.45, 7) is 2.75. The van der Waals surface area contributed by atoms with Crippen LogP contribution in [0.1, 0.15) is 12.5 Å². The third kappa shape index (κ3) is 3.08. The van der Waals surface area contributed by atoms with Gasteiger partial charge >= 0.3 is 0 Å². The molecule has 0 aromatic heterocycles. The number of rotatable bonds is 4. The van der Waals surface area contributed by atoms with Crippen LogP contribution in [0.2, 0.25) is 0 Å². The van der Waals surface area contributed by atoms with Crippen molar-refractivity contribution in [3.05, 3.63) is 29.8 Å². The van der Waals surface area contributed by atoms with E-state index in [0.717, 1.165) is 11.3 Å². The predicted molar refractivity (Wildman–Crippen MR) is 54.6 cm³/mol. The number of nitrogens with two attached hydrogens (primary N) is 1. The van der Waals surface area contributed by atoms with E-state index in [-0.39, 0.29) is 5.92 Å². The zero-order valence-corrected chi connectivity index (χ0v) is 8.23. The van der Waals surface area contributed by atoms with E-state index in [4.69, 9.17) is 15.7 Å². The Morgan fingerprint density at radius 1 is 1.57 bits per heavy atom. The summed E-state index contributed by atoms with van der Waals surface area (Å²) in [5.74, 6) is 0.687. The van der Waals surface area contributed by atoms with Crippen molar-refractivity contribution in [2.24, 2.45) is 11.7 Å². The molecule has 0 aliphatic heterocycles. The fourth-order valence-corrected chi connectivity index (χ4v) is 1.02. The number of benzene rings is 1. The van der Waals surface area contributed by atoms with Crippen LogP contribution in [0.5, 0.6) is 5.75 Å². The molecule has 0 heterocycles. The highest BCUT2D eigenvalue weighted by Crippen LogP contribution is 2.13. The van der Waals surface area contributed by atoms with E-state index in [2.05, 4.69) is 6.07 Å². The molecule has 0 saturated carbocycles. The van der Waals surface area contributed by atoms with Gasteiger partial charge in [0.15, 0.2) is 0 Å². The molecule has 3 heteroatoms. The summed E-state index contributed by atoms with van der Waals surface area (Å²) in [6, 6.07) is 9.71. The Morgan fingerprint density at radius 3 is 3.00 bits per heavy atom. The van der Waals surface area contributed by atoms with Crippen LogP contribution in [0, 0.1) is 17.2 Å². The van der Waals surface area contributed by atoms with Crippen molar-refractivity contribution >= 4 is 0 Å². The summed E-state index contributed by atoms with van der Waals surface area (Å²) in [6.07, 6.45) is 0. The molecule has 1 rings (SSSR count). The van der Waals surface area contributed by atoms with Gasteiger partial charge in [-0.25, -0.2) is 0 Å². The Hall–Kier alpha value is -1.53. The lowest BCUT2D eigenvalue weighted by Gasteiger charge is -2.07.